The van der Waals surface area contributed by atoms with Crippen molar-refractivity contribution in [2.45, 2.75) is 18.2 Å². The summed E-state index contributed by atoms with van der Waals surface area (Å²) in [4.78, 5) is 32.1. The van der Waals surface area contributed by atoms with Crippen molar-refractivity contribution in [1.29, 1.82) is 0 Å². The number of hydrogen-bond donors (Lipinski definition) is 1. The van der Waals surface area contributed by atoms with Gasteiger partial charge in [0.2, 0.25) is 11.8 Å². The highest BCUT2D eigenvalue weighted by molar-refractivity contribution is 9.10. The maximum Gasteiger partial charge on any atom is 0.238 e. The number of hydrogen-bond acceptors (Lipinski definition) is 4. The molecule has 3 aromatic carbocycles. The number of halogens is 3. The average Bonchev–Trinajstić information content (AvgIpc) is 2.80. The lowest BCUT2D eigenvalue weighted by atomic mass is 10.2. The molecule has 0 radical (unpaired) electrons. The highest BCUT2D eigenvalue weighted by atomic mass is 79.9. The summed E-state index contributed by atoms with van der Waals surface area (Å²) in [6, 6.07) is 20.0. The van der Waals surface area contributed by atoms with E-state index in [9.17, 15) is 14.0 Å². The maximum atomic E-state index is 13.3. The molecule has 1 N–H and O–H groups in total. The van der Waals surface area contributed by atoms with Gasteiger partial charge in [-0.15, -0.1) is 0 Å². The SMILES string of the molecule is O=C(Nc1ccc(Br)cc1)[C@H]1CC(=O)N(Cc2ccc(F)cc2)C(=Nc2ccc(Cl)cc2)S1. The molecule has 3 aromatic rings. The van der Waals surface area contributed by atoms with Gasteiger partial charge in [-0.3, -0.25) is 14.5 Å². The lowest BCUT2D eigenvalue weighted by Crippen LogP contribution is -2.44. The molecule has 168 valence electrons. The van der Waals surface area contributed by atoms with Crippen LogP contribution in [-0.4, -0.2) is 27.1 Å². The van der Waals surface area contributed by atoms with Gasteiger partial charge in [-0.2, -0.15) is 0 Å². The fourth-order valence-electron chi connectivity index (χ4n) is 3.15. The normalized spacial score (nSPS) is 17.3. The summed E-state index contributed by atoms with van der Waals surface area (Å²) in [7, 11) is 0. The Morgan fingerprint density at radius 2 is 1.76 bits per heavy atom. The largest absolute Gasteiger partial charge is 0.325 e. The molecule has 0 saturated carbocycles. The van der Waals surface area contributed by atoms with Crippen molar-refractivity contribution < 1.29 is 14.0 Å². The molecule has 0 spiro atoms. The Morgan fingerprint density at radius 3 is 2.42 bits per heavy atom. The third-order valence-electron chi connectivity index (χ3n) is 4.85. The van der Waals surface area contributed by atoms with Crippen LogP contribution in [0, 0.1) is 5.82 Å². The van der Waals surface area contributed by atoms with Gasteiger partial charge in [-0.05, 0) is 66.2 Å². The van der Waals surface area contributed by atoms with Gasteiger partial charge in [0.25, 0.3) is 0 Å². The minimum Gasteiger partial charge on any atom is -0.325 e. The molecule has 1 aliphatic heterocycles. The molecule has 1 saturated heterocycles. The molecule has 9 heteroatoms. The molecule has 1 heterocycles. The van der Waals surface area contributed by atoms with E-state index in [1.165, 1.54) is 28.8 Å². The second kappa shape index (κ2) is 10.5. The highest BCUT2D eigenvalue weighted by Crippen LogP contribution is 2.31. The summed E-state index contributed by atoms with van der Waals surface area (Å²) in [6.45, 7) is 0.222. The van der Waals surface area contributed by atoms with Gasteiger partial charge >= 0.3 is 0 Å². The lowest BCUT2D eigenvalue weighted by Gasteiger charge is -2.32. The molecule has 1 aliphatic rings. The molecule has 33 heavy (non-hydrogen) atoms. The van der Waals surface area contributed by atoms with Gasteiger partial charge in [-0.25, -0.2) is 9.38 Å². The van der Waals surface area contributed by atoms with Crippen molar-refractivity contribution in [1.82, 2.24) is 4.90 Å². The molecular weight excluding hydrogens is 529 g/mol. The fraction of sp³-hybridized carbons (Fsp3) is 0.125. The minimum atomic E-state index is -0.642. The van der Waals surface area contributed by atoms with Gasteiger partial charge in [0.15, 0.2) is 5.17 Å². The number of thioether (sulfide) groups is 1. The van der Waals surface area contributed by atoms with Crippen LogP contribution in [-0.2, 0) is 16.1 Å². The molecular formula is C24H18BrClFN3O2S. The van der Waals surface area contributed by atoms with E-state index in [-0.39, 0.29) is 30.6 Å². The van der Waals surface area contributed by atoms with Gasteiger partial charge in [0.1, 0.15) is 11.1 Å². The Labute approximate surface area is 208 Å². The first-order valence-corrected chi connectivity index (χ1v) is 12.0. The Kier molecular flexibility index (Phi) is 7.47. The van der Waals surface area contributed by atoms with Crippen LogP contribution in [0.2, 0.25) is 5.02 Å². The summed E-state index contributed by atoms with van der Waals surface area (Å²) in [5.74, 6) is -0.861. The number of carbonyl (C=O) groups excluding carboxylic acids is 2. The number of rotatable bonds is 5. The van der Waals surface area contributed by atoms with Crippen LogP contribution in [0.4, 0.5) is 15.8 Å². The Balaban J connectivity index is 1.59. The van der Waals surface area contributed by atoms with E-state index in [0.717, 1.165) is 10.0 Å². The lowest BCUT2D eigenvalue weighted by molar-refractivity contribution is -0.129. The van der Waals surface area contributed by atoms with Crippen LogP contribution in [0.3, 0.4) is 0 Å². The number of nitrogens with one attached hydrogen (secondary N) is 1. The number of carbonyl (C=O) groups is 2. The van der Waals surface area contributed by atoms with E-state index in [1.807, 2.05) is 12.1 Å². The first kappa shape index (κ1) is 23.5. The smallest absolute Gasteiger partial charge is 0.238 e. The summed E-state index contributed by atoms with van der Waals surface area (Å²) in [6.07, 6.45) is 0.0217. The number of anilines is 1. The van der Waals surface area contributed by atoms with Crippen molar-refractivity contribution >= 4 is 67.6 Å². The zero-order valence-corrected chi connectivity index (χ0v) is 20.3. The monoisotopic (exact) mass is 545 g/mol. The molecule has 1 atom stereocenters. The average molecular weight is 547 g/mol. The maximum absolute atomic E-state index is 13.3. The quantitative estimate of drug-likeness (QED) is 0.403. The van der Waals surface area contributed by atoms with Crippen molar-refractivity contribution in [2.75, 3.05) is 5.32 Å². The number of benzene rings is 3. The molecule has 1 fully saturated rings. The van der Waals surface area contributed by atoms with E-state index < -0.39 is 5.25 Å². The number of nitrogens with zero attached hydrogens (tertiary/aromatic N) is 2. The van der Waals surface area contributed by atoms with Crippen LogP contribution < -0.4 is 5.32 Å². The van der Waals surface area contributed by atoms with Crippen molar-refractivity contribution in [3.63, 3.8) is 0 Å². The predicted octanol–water partition coefficient (Wildman–Crippen LogP) is 6.40. The van der Waals surface area contributed by atoms with E-state index in [4.69, 9.17) is 11.6 Å². The number of amides is 2. The van der Waals surface area contributed by atoms with Crippen molar-refractivity contribution in [3.05, 3.63) is 93.7 Å². The summed E-state index contributed by atoms with van der Waals surface area (Å²) < 4.78 is 14.2. The van der Waals surface area contributed by atoms with Gasteiger partial charge in [0, 0.05) is 21.6 Å². The Hall–Kier alpha value is -2.68. The Morgan fingerprint density at radius 1 is 1.09 bits per heavy atom. The van der Waals surface area contributed by atoms with Crippen LogP contribution >= 0.6 is 39.3 Å². The highest BCUT2D eigenvalue weighted by Gasteiger charge is 2.36. The third-order valence-corrected chi connectivity index (χ3v) is 6.82. The Bertz CT molecular complexity index is 1190. The molecule has 0 aliphatic carbocycles. The topological polar surface area (TPSA) is 61.8 Å². The van der Waals surface area contributed by atoms with Crippen LogP contribution in [0.1, 0.15) is 12.0 Å². The van der Waals surface area contributed by atoms with E-state index >= 15 is 0 Å². The number of amidine groups is 1. The first-order chi connectivity index (χ1) is 15.9. The fourth-order valence-corrected chi connectivity index (χ4v) is 4.64. The standard InChI is InChI=1S/C24H18BrClFN3O2S/c25-16-3-9-19(10-4-16)28-23(32)21-13-22(31)30(14-15-1-7-18(27)8-2-15)24(33-21)29-20-11-5-17(26)6-12-20/h1-12,21H,13-14H2,(H,28,32)/t21-/m1/s1. The van der Waals surface area contributed by atoms with Crippen LogP contribution in [0.15, 0.2) is 82.3 Å². The number of aliphatic imine (C=N–C) groups is 1. The van der Waals surface area contributed by atoms with E-state index in [1.54, 1.807) is 48.5 Å². The molecule has 0 unspecified atom stereocenters. The molecule has 4 rings (SSSR count). The second-order valence-corrected chi connectivity index (χ2v) is 9.81. The molecule has 0 bridgehead atoms. The van der Waals surface area contributed by atoms with Crippen molar-refractivity contribution in [3.8, 4) is 0 Å². The molecule has 5 nitrogen and oxygen atoms in total. The predicted molar refractivity (Wildman–Crippen MR) is 134 cm³/mol. The third kappa shape index (κ3) is 6.22. The molecule has 0 aromatic heterocycles. The van der Waals surface area contributed by atoms with Crippen LogP contribution in [0.5, 0.6) is 0 Å². The van der Waals surface area contributed by atoms with Gasteiger partial charge in [0.05, 0.1) is 12.2 Å². The summed E-state index contributed by atoms with van der Waals surface area (Å²) in [5, 5.41) is 3.18. The summed E-state index contributed by atoms with van der Waals surface area (Å²) >= 11 is 10.6. The van der Waals surface area contributed by atoms with E-state index in [0.29, 0.717) is 21.6 Å². The van der Waals surface area contributed by atoms with Crippen molar-refractivity contribution in [2.24, 2.45) is 4.99 Å². The minimum absolute atomic E-state index is 0.0217. The van der Waals surface area contributed by atoms with E-state index in [2.05, 4.69) is 26.2 Å². The zero-order chi connectivity index (χ0) is 23.4. The zero-order valence-electron chi connectivity index (χ0n) is 17.2. The van der Waals surface area contributed by atoms with Gasteiger partial charge in [-0.1, -0.05) is 51.4 Å². The van der Waals surface area contributed by atoms with Crippen LogP contribution in [0.25, 0.3) is 0 Å². The second-order valence-electron chi connectivity index (χ2n) is 7.28. The first-order valence-electron chi connectivity index (χ1n) is 9.99. The van der Waals surface area contributed by atoms with Gasteiger partial charge < -0.3 is 5.32 Å². The molecule has 2 amide bonds. The summed E-state index contributed by atoms with van der Waals surface area (Å²) in [5.41, 5.74) is 2.00.